The third kappa shape index (κ3) is 3.30. The molecule has 1 aromatic heterocycles. The molecule has 0 aliphatic rings. The van der Waals surface area contributed by atoms with Gasteiger partial charge >= 0.3 is 0 Å². The lowest BCUT2D eigenvalue weighted by molar-refractivity contribution is 0.102. The number of anilines is 1. The van der Waals surface area contributed by atoms with Crippen molar-refractivity contribution in [2.24, 2.45) is 0 Å². The fourth-order valence-corrected chi connectivity index (χ4v) is 1.82. The molecular formula is C11H6Cl2IN3O. The van der Waals surface area contributed by atoms with Gasteiger partial charge in [0.1, 0.15) is 5.15 Å². The van der Waals surface area contributed by atoms with Crippen molar-refractivity contribution in [3.8, 4) is 0 Å². The molecule has 0 unspecified atom stereocenters. The van der Waals surface area contributed by atoms with E-state index in [-0.39, 0.29) is 11.1 Å². The van der Waals surface area contributed by atoms with Crippen LogP contribution >= 0.6 is 45.8 Å². The van der Waals surface area contributed by atoms with E-state index in [0.717, 1.165) is 3.57 Å². The van der Waals surface area contributed by atoms with Crippen molar-refractivity contribution in [1.29, 1.82) is 0 Å². The molecule has 2 rings (SSSR count). The second-order valence-corrected chi connectivity index (χ2v) is 5.26. The zero-order valence-corrected chi connectivity index (χ0v) is 12.5. The Bertz CT molecular complexity index is 589. The zero-order valence-electron chi connectivity index (χ0n) is 8.82. The highest BCUT2D eigenvalue weighted by atomic mass is 127. The highest BCUT2D eigenvalue weighted by Gasteiger charge is 2.09. The minimum Gasteiger partial charge on any atom is -0.305 e. The van der Waals surface area contributed by atoms with Crippen LogP contribution in [0.4, 0.5) is 5.82 Å². The first-order valence-electron chi connectivity index (χ1n) is 4.80. The van der Waals surface area contributed by atoms with Crippen molar-refractivity contribution in [2.75, 3.05) is 5.32 Å². The Morgan fingerprint density at radius 2 is 2.00 bits per heavy atom. The SMILES string of the molecule is O=C(Nc1cnc(Cl)cn1)c1ccc(I)c(Cl)c1. The van der Waals surface area contributed by atoms with E-state index in [0.29, 0.717) is 16.4 Å². The molecule has 0 saturated heterocycles. The van der Waals surface area contributed by atoms with Gasteiger partial charge in [0, 0.05) is 9.13 Å². The van der Waals surface area contributed by atoms with Gasteiger partial charge in [-0.05, 0) is 40.8 Å². The monoisotopic (exact) mass is 393 g/mol. The first kappa shape index (κ1) is 13.5. The van der Waals surface area contributed by atoms with Gasteiger partial charge in [-0.1, -0.05) is 23.2 Å². The van der Waals surface area contributed by atoms with Crippen LogP contribution in [0.5, 0.6) is 0 Å². The number of nitrogens with zero attached hydrogens (tertiary/aromatic N) is 2. The van der Waals surface area contributed by atoms with Gasteiger partial charge in [0.2, 0.25) is 0 Å². The normalized spacial score (nSPS) is 10.2. The summed E-state index contributed by atoms with van der Waals surface area (Å²) in [4.78, 5) is 19.6. The summed E-state index contributed by atoms with van der Waals surface area (Å²) in [6, 6.07) is 5.06. The Kier molecular flexibility index (Phi) is 4.36. The Morgan fingerprint density at radius 1 is 1.22 bits per heavy atom. The Balaban J connectivity index is 2.16. The number of carbonyl (C=O) groups excluding carboxylic acids is 1. The molecule has 7 heteroatoms. The fraction of sp³-hybridized carbons (Fsp3) is 0. The van der Waals surface area contributed by atoms with Gasteiger partial charge in [-0.2, -0.15) is 0 Å². The predicted molar refractivity (Wildman–Crippen MR) is 79.2 cm³/mol. The van der Waals surface area contributed by atoms with Gasteiger partial charge in [-0.3, -0.25) is 4.79 Å². The van der Waals surface area contributed by atoms with Gasteiger partial charge in [-0.25, -0.2) is 9.97 Å². The summed E-state index contributed by atoms with van der Waals surface area (Å²) in [5.74, 6) is 0.0315. The van der Waals surface area contributed by atoms with Gasteiger partial charge in [0.05, 0.1) is 17.4 Å². The van der Waals surface area contributed by atoms with Gasteiger partial charge in [-0.15, -0.1) is 0 Å². The maximum Gasteiger partial charge on any atom is 0.256 e. The van der Waals surface area contributed by atoms with Crippen LogP contribution in [0.3, 0.4) is 0 Å². The minimum atomic E-state index is -0.301. The summed E-state index contributed by atoms with van der Waals surface area (Å²) >= 11 is 13.6. The highest BCUT2D eigenvalue weighted by Crippen LogP contribution is 2.20. The second kappa shape index (κ2) is 5.81. The molecule has 1 N–H and O–H groups in total. The predicted octanol–water partition coefficient (Wildman–Crippen LogP) is 3.64. The van der Waals surface area contributed by atoms with E-state index < -0.39 is 0 Å². The molecule has 1 aromatic carbocycles. The van der Waals surface area contributed by atoms with E-state index in [1.54, 1.807) is 18.2 Å². The van der Waals surface area contributed by atoms with Crippen LogP contribution in [0.15, 0.2) is 30.6 Å². The number of carbonyl (C=O) groups is 1. The van der Waals surface area contributed by atoms with Crippen molar-refractivity contribution >= 4 is 57.5 Å². The van der Waals surface area contributed by atoms with Crippen molar-refractivity contribution in [2.45, 2.75) is 0 Å². The van der Waals surface area contributed by atoms with Crippen molar-refractivity contribution in [3.05, 3.63) is 49.9 Å². The first-order valence-corrected chi connectivity index (χ1v) is 6.63. The summed E-state index contributed by atoms with van der Waals surface area (Å²) in [7, 11) is 0. The van der Waals surface area contributed by atoms with Gasteiger partial charge < -0.3 is 5.32 Å². The summed E-state index contributed by atoms with van der Waals surface area (Å²) in [6.07, 6.45) is 2.74. The average Bonchev–Trinajstić information content (AvgIpc) is 2.35. The number of hydrogen-bond donors (Lipinski definition) is 1. The van der Waals surface area contributed by atoms with Crippen LogP contribution in [0.25, 0.3) is 0 Å². The smallest absolute Gasteiger partial charge is 0.256 e. The van der Waals surface area contributed by atoms with E-state index in [1.165, 1.54) is 12.4 Å². The molecule has 0 atom stereocenters. The van der Waals surface area contributed by atoms with Crippen LogP contribution in [0.2, 0.25) is 10.2 Å². The van der Waals surface area contributed by atoms with E-state index >= 15 is 0 Å². The average molecular weight is 394 g/mol. The van der Waals surface area contributed by atoms with Gasteiger partial charge in [0.15, 0.2) is 5.82 Å². The Morgan fingerprint density at radius 3 is 2.61 bits per heavy atom. The number of benzene rings is 1. The van der Waals surface area contributed by atoms with Crippen molar-refractivity contribution in [1.82, 2.24) is 9.97 Å². The van der Waals surface area contributed by atoms with Crippen LogP contribution in [-0.2, 0) is 0 Å². The number of nitrogens with one attached hydrogen (secondary N) is 1. The maximum absolute atomic E-state index is 11.9. The lowest BCUT2D eigenvalue weighted by Gasteiger charge is -2.05. The van der Waals surface area contributed by atoms with Crippen LogP contribution < -0.4 is 5.32 Å². The molecule has 0 aliphatic carbocycles. The van der Waals surface area contributed by atoms with E-state index in [1.807, 2.05) is 0 Å². The lowest BCUT2D eigenvalue weighted by Crippen LogP contribution is -2.13. The van der Waals surface area contributed by atoms with E-state index in [2.05, 4.69) is 37.9 Å². The molecular weight excluding hydrogens is 388 g/mol. The topological polar surface area (TPSA) is 54.9 Å². The van der Waals surface area contributed by atoms with Crippen molar-refractivity contribution < 1.29 is 4.79 Å². The maximum atomic E-state index is 11.9. The third-order valence-electron chi connectivity index (χ3n) is 2.04. The molecule has 0 saturated carbocycles. The molecule has 2 aromatic rings. The Hall–Kier alpha value is -0.920. The molecule has 0 spiro atoms. The van der Waals surface area contributed by atoms with Crippen LogP contribution in [0.1, 0.15) is 10.4 Å². The summed E-state index contributed by atoms with van der Waals surface area (Å²) < 4.78 is 0.886. The first-order chi connectivity index (χ1) is 8.56. The van der Waals surface area contributed by atoms with Crippen LogP contribution in [-0.4, -0.2) is 15.9 Å². The molecule has 1 amide bonds. The number of halogens is 3. The van der Waals surface area contributed by atoms with Gasteiger partial charge in [0.25, 0.3) is 5.91 Å². The Labute approximate surface area is 127 Å². The number of amides is 1. The standard InChI is InChI=1S/C11H6Cl2IN3O/c12-7-3-6(1-2-8(7)14)11(18)17-10-5-15-9(13)4-16-10/h1-5H,(H,16,17,18). The summed E-state index contributed by atoms with van der Waals surface area (Å²) in [5, 5.41) is 3.40. The second-order valence-electron chi connectivity index (χ2n) is 3.31. The summed E-state index contributed by atoms with van der Waals surface area (Å²) in [5.41, 5.74) is 0.456. The fourth-order valence-electron chi connectivity index (χ4n) is 1.20. The molecule has 18 heavy (non-hydrogen) atoms. The van der Waals surface area contributed by atoms with E-state index in [4.69, 9.17) is 23.2 Å². The minimum absolute atomic E-state index is 0.269. The highest BCUT2D eigenvalue weighted by molar-refractivity contribution is 14.1. The van der Waals surface area contributed by atoms with Crippen LogP contribution in [0, 0.1) is 3.57 Å². The molecule has 4 nitrogen and oxygen atoms in total. The largest absolute Gasteiger partial charge is 0.305 e. The van der Waals surface area contributed by atoms with E-state index in [9.17, 15) is 4.79 Å². The third-order valence-corrected chi connectivity index (χ3v) is 3.81. The number of hydrogen-bond acceptors (Lipinski definition) is 3. The molecule has 1 heterocycles. The molecule has 0 bridgehead atoms. The number of aromatic nitrogens is 2. The summed E-state index contributed by atoms with van der Waals surface area (Å²) in [6.45, 7) is 0. The molecule has 0 aliphatic heterocycles. The number of rotatable bonds is 2. The molecule has 92 valence electrons. The lowest BCUT2D eigenvalue weighted by atomic mass is 10.2. The zero-order chi connectivity index (χ0) is 13.1. The molecule has 0 radical (unpaired) electrons. The quantitative estimate of drug-likeness (QED) is 0.792. The molecule has 0 fully saturated rings. The van der Waals surface area contributed by atoms with Crippen molar-refractivity contribution in [3.63, 3.8) is 0 Å².